The molecule has 2 aromatic rings. The molecule has 8 heteroatoms. The third-order valence-electron chi connectivity index (χ3n) is 4.15. The molecule has 1 aromatic heterocycles. The lowest BCUT2D eigenvalue weighted by atomic mass is 10.0. The Kier molecular flexibility index (Phi) is 4.40. The van der Waals surface area contributed by atoms with Crippen LogP contribution >= 0.6 is 11.6 Å². The predicted molar refractivity (Wildman–Crippen MR) is 83.9 cm³/mol. The molecule has 0 bridgehead atoms. The minimum atomic E-state index is -4.65. The molecule has 2 heterocycles. The highest BCUT2D eigenvalue weighted by atomic mass is 35.5. The summed E-state index contributed by atoms with van der Waals surface area (Å²) < 4.78 is 38.2. The first kappa shape index (κ1) is 17.0. The van der Waals surface area contributed by atoms with Crippen LogP contribution in [0.3, 0.4) is 0 Å². The van der Waals surface area contributed by atoms with Crippen molar-refractivity contribution in [1.29, 1.82) is 0 Å². The summed E-state index contributed by atoms with van der Waals surface area (Å²) >= 11 is 6.22. The largest absolute Gasteiger partial charge is 0.449 e. The van der Waals surface area contributed by atoms with Gasteiger partial charge >= 0.3 is 6.18 Å². The third-order valence-corrected chi connectivity index (χ3v) is 4.51. The summed E-state index contributed by atoms with van der Waals surface area (Å²) in [4.78, 5) is 19.4. The van der Waals surface area contributed by atoms with Gasteiger partial charge in [-0.3, -0.25) is 9.69 Å². The Morgan fingerprint density at radius 2 is 2.12 bits per heavy atom. The highest BCUT2D eigenvalue weighted by Crippen LogP contribution is 2.27. The van der Waals surface area contributed by atoms with E-state index in [1.165, 1.54) is 0 Å². The number of nitrogens with one attached hydrogen (secondary N) is 1. The van der Waals surface area contributed by atoms with Crippen molar-refractivity contribution >= 4 is 11.6 Å². The highest BCUT2D eigenvalue weighted by Gasteiger charge is 2.36. The summed E-state index contributed by atoms with van der Waals surface area (Å²) in [7, 11) is 0. The molecule has 24 heavy (non-hydrogen) atoms. The van der Waals surface area contributed by atoms with E-state index in [0.29, 0.717) is 30.1 Å². The molecule has 3 rings (SSSR count). The maximum Gasteiger partial charge on any atom is 0.449 e. The number of fused-ring (bicyclic) bond motifs is 1. The van der Waals surface area contributed by atoms with Gasteiger partial charge in [0, 0.05) is 31.1 Å². The number of aromatic nitrogens is 2. The van der Waals surface area contributed by atoms with Gasteiger partial charge in [-0.15, -0.1) is 0 Å². The van der Waals surface area contributed by atoms with E-state index in [-0.39, 0.29) is 12.2 Å². The molecule has 0 unspecified atom stereocenters. The molecule has 0 saturated heterocycles. The Balaban J connectivity index is 1.86. The van der Waals surface area contributed by atoms with E-state index in [9.17, 15) is 18.0 Å². The minimum absolute atomic E-state index is 0.221. The average molecular weight is 358 g/mol. The molecule has 1 N–H and O–H groups in total. The van der Waals surface area contributed by atoms with Crippen LogP contribution in [0.5, 0.6) is 0 Å². The second-order valence-electron chi connectivity index (χ2n) is 5.83. The summed E-state index contributed by atoms with van der Waals surface area (Å²) in [5.74, 6) is -1.23. The van der Waals surface area contributed by atoms with Gasteiger partial charge in [-0.25, -0.2) is 4.98 Å². The fraction of sp³-hybridized carbons (Fsp3) is 0.375. The van der Waals surface area contributed by atoms with Gasteiger partial charge in [0.2, 0.25) is 5.82 Å². The van der Waals surface area contributed by atoms with Gasteiger partial charge in [0.15, 0.2) is 0 Å². The maximum atomic E-state index is 12.7. The van der Waals surface area contributed by atoms with Crippen molar-refractivity contribution in [3.63, 3.8) is 0 Å². The van der Waals surface area contributed by atoms with Crippen LogP contribution < -0.4 is 5.56 Å². The number of aromatic amines is 1. The Morgan fingerprint density at radius 1 is 1.38 bits per heavy atom. The summed E-state index contributed by atoms with van der Waals surface area (Å²) in [5.41, 5.74) is 1.77. The Labute approximate surface area is 141 Å². The first-order valence-electron chi connectivity index (χ1n) is 7.41. The Bertz CT molecular complexity index is 812. The van der Waals surface area contributed by atoms with Crippen molar-refractivity contribution in [1.82, 2.24) is 14.9 Å². The van der Waals surface area contributed by atoms with Crippen LogP contribution in [0.2, 0.25) is 5.02 Å². The van der Waals surface area contributed by atoms with Gasteiger partial charge < -0.3 is 4.98 Å². The molecule has 0 amide bonds. The summed E-state index contributed by atoms with van der Waals surface area (Å²) in [5, 5.41) is 0.639. The maximum absolute atomic E-state index is 12.7. The zero-order valence-electron chi connectivity index (χ0n) is 12.9. The fourth-order valence-corrected chi connectivity index (χ4v) is 3.12. The number of rotatable bonds is 2. The fourth-order valence-electron chi connectivity index (χ4n) is 2.84. The first-order chi connectivity index (χ1) is 11.3. The zero-order chi connectivity index (χ0) is 17.5. The minimum Gasteiger partial charge on any atom is -0.303 e. The Morgan fingerprint density at radius 3 is 2.79 bits per heavy atom. The summed E-state index contributed by atoms with van der Waals surface area (Å²) in [6.45, 7) is 3.25. The molecule has 0 spiro atoms. The lowest BCUT2D eigenvalue weighted by Gasteiger charge is -2.28. The molecule has 1 aliphatic heterocycles. The van der Waals surface area contributed by atoms with Crippen molar-refractivity contribution < 1.29 is 13.2 Å². The van der Waals surface area contributed by atoms with Crippen molar-refractivity contribution in [3.8, 4) is 0 Å². The lowest BCUT2D eigenvalue weighted by Crippen LogP contribution is -2.36. The van der Waals surface area contributed by atoms with E-state index in [1.807, 2.05) is 28.9 Å². The number of nitrogens with zero attached hydrogens (tertiary/aromatic N) is 2. The van der Waals surface area contributed by atoms with Crippen molar-refractivity contribution in [2.45, 2.75) is 32.6 Å². The molecule has 1 aromatic carbocycles. The number of halogens is 4. The van der Waals surface area contributed by atoms with Gasteiger partial charge in [-0.05, 0) is 24.1 Å². The molecular weight excluding hydrogens is 343 g/mol. The molecule has 0 saturated carbocycles. The van der Waals surface area contributed by atoms with Gasteiger partial charge in [0.1, 0.15) is 0 Å². The van der Waals surface area contributed by atoms with Crippen LogP contribution in [0.4, 0.5) is 13.2 Å². The number of H-pyrrole nitrogens is 1. The quantitative estimate of drug-likeness (QED) is 0.897. The summed E-state index contributed by atoms with van der Waals surface area (Å²) in [6.07, 6.45) is -4.36. The van der Waals surface area contributed by atoms with Gasteiger partial charge in [0.05, 0.1) is 11.3 Å². The van der Waals surface area contributed by atoms with Gasteiger partial charge in [-0.2, -0.15) is 13.2 Å². The van der Waals surface area contributed by atoms with E-state index in [4.69, 9.17) is 11.6 Å². The molecule has 0 atom stereocenters. The van der Waals surface area contributed by atoms with Crippen molar-refractivity contribution in [2.75, 3.05) is 6.54 Å². The normalized spacial score (nSPS) is 15.4. The lowest BCUT2D eigenvalue weighted by molar-refractivity contribution is -0.145. The van der Waals surface area contributed by atoms with Crippen LogP contribution in [0.15, 0.2) is 23.0 Å². The number of hydrogen-bond acceptors (Lipinski definition) is 3. The van der Waals surface area contributed by atoms with Crippen LogP contribution in [-0.2, 0) is 25.7 Å². The number of alkyl halides is 3. The average Bonchev–Trinajstić information content (AvgIpc) is 2.50. The van der Waals surface area contributed by atoms with E-state index >= 15 is 0 Å². The van der Waals surface area contributed by atoms with Crippen LogP contribution in [-0.4, -0.2) is 21.4 Å². The SMILES string of the molecule is Cc1cccc(Cl)c1CN1CCc2nc(C(F)(F)F)[nH]c(=O)c2C1. The second kappa shape index (κ2) is 6.22. The van der Waals surface area contributed by atoms with Crippen LogP contribution in [0, 0.1) is 6.92 Å². The Hall–Kier alpha value is -1.86. The van der Waals surface area contributed by atoms with E-state index in [2.05, 4.69) is 4.98 Å². The topological polar surface area (TPSA) is 49.0 Å². The van der Waals surface area contributed by atoms with E-state index < -0.39 is 17.6 Å². The molecule has 4 nitrogen and oxygen atoms in total. The van der Waals surface area contributed by atoms with E-state index in [0.717, 1.165) is 11.1 Å². The molecule has 0 fully saturated rings. The van der Waals surface area contributed by atoms with Crippen molar-refractivity contribution in [2.24, 2.45) is 0 Å². The standard InChI is InChI=1S/C16H15ClF3N3O/c1-9-3-2-4-12(17)10(9)7-23-6-5-13-11(8-23)14(24)22-15(21-13)16(18,19)20/h2-4H,5-8H2,1H3,(H,21,22,24). The number of aryl methyl sites for hydroxylation is 1. The number of benzene rings is 1. The summed E-state index contributed by atoms with van der Waals surface area (Å²) in [6, 6.07) is 5.61. The molecule has 1 aliphatic rings. The molecule has 128 valence electrons. The monoisotopic (exact) mass is 357 g/mol. The van der Waals surface area contributed by atoms with Gasteiger partial charge in [-0.1, -0.05) is 23.7 Å². The molecule has 0 aliphatic carbocycles. The molecule has 0 radical (unpaired) electrons. The van der Waals surface area contributed by atoms with E-state index in [1.54, 1.807) is 6.07 Å². The van der Waals surface area contributed by atoms with Crippen molar-refractivity contribution in [3.05, 3.63) is 61.8 Å². The smallest absolute Gasteiger partial charge is 0.303 e. The number of hydrogen-bond donors (Lipinski definition) is 1. The molecular formula is C16H15ClF3N3O. The first-order valence-corrected chi connectivity index (χ1v) is 7.79. The third kappa shape index (κ3) is 3.32. The predicted octanol–water partition coefficient (Wildman–Crippen LogP) is 3.31. The highest BCUT2D eigenvalue weighted by molar-refractivity contribution is 6.31. The zero-order valence-corrected chi connectivity index (χ0v) is 13.6. The van der Waals surface area contributed by atoms with Crippen LogP contribution in [0.1, 0.15) is 28.2 Å². The van der Waals surface area contributed by atoms with Gasteiger partial charge in [0.25, 0.3) is 5.56 Å². The van der Waals surface area contributed by atoms with Crippen LogP contribution in [0.25, 0.3) is 0 Å². The second-order valence-corrected chi connectivity index (χ2v) is 6.24.